The van der Waals surface area contributed by atoms with Crippen molar-refractivity contribution in [1.29, 1.82) is 0 Å². The van der Waals surface area contributed by atoms with Crippen LogP contribution in [-0.4, -0.2) is 11.8 Å². The second kappa shape index (κ2) is 10.2. The van der Waals surface area contributed by atoms with Gasteiger partial charge in [-0.25, -0.2) is 0 Å². The molecular weight excluding hydrogens is 266 g/mol. The lowest BCUT2D eigenvalue weighted by atomic mass is 9.82. The Bertz CT molecular complexity index is 371. The summed E-state index contributed by atoms with van der Waals surface area (Å²) in [6.45, 7) is 14.0. The van der Waals surface area contributed by atoms with Gasteiger partial charge in [-0.2, -0.15) is 0 Å². The van der Waals surface area contributed by atoms with Crippen molar-refractivity contribution in [3.8, 4) is 0 Å². The molecule has 22 heavy (non-hydrogen) atoms. The summed E-state index contributed by atoms with van der Waals surface area (Å²) < 4.78 is 0. The van der Waals surface area contributed by atoms with Crippen LogP contribution < -0.4 is 0 Å². The quantitative estimate of drug-likeness (QED) is 0.235. The summed E-state index contributed by atoms with van der Waals surface area (Å²) in [5, 5.41) is 0. The molecule has 3 atom stereocenters. The van der Waals surface area contributed by atoms with Crippen LogP contribution in [0.3, 0.4) is 0 Å². The van der Waals surface area contributed by atoms with Crippen molar-refractivity contribution in [1.82, 2.24) is 0 Å². The highest BCUT2D eigenvalue weighted by Gasteiger charge is 2.18. The van der Waals surface area contributed by atoms with Gasteiger partial charge in [0, 0.05) is 11.8 Å². The fourth-order valence-electron chi connectivity index (χ4n) is 3.35. The Morgan fingerprint density at radius 2 is 1.73 bits per heavy atom. The van der Waals surface area contributed by atoms with E-state index in [1.54, 1.807) is 11.1 Å². The van der Waals surface area contributed by atoms with Crippen LogP contribution in [-0.2, 0) is 0 Å². The van der Waals surface area contributed by atoms with Gasteiger partial charge in [-0.05, 0) is 70.6 Å². The molecule has 0 saturated heterocycles. The molecule has 0 aliphatic heterocycles. The minimum absolute atomic E-state index is 0.469. The van der Waals surface area contributed by atoms with Gasteiger partial charge in [-0.3, -0.25) is 4.99 Å². The molecule has 1 saturated carbocycles. The molecule has 1 aliphatic carbocycles. The molecule has 0 N–H and O–H groups in total. The van der Waals surface area contributed by atoms with Crippen LogP contribution in [0.25, 0.3) is 0 Å². The fraction of sp³-hybridized carbons (Fsp3) is 0.857. The minimum Gasteiger partial charge on any atom is -0.291 e. The molecule has 1 rings (SSSR count). The maximum atomic E-state index is 5.14. The van der Waals surface area contributed by atoms with Crippen molar-refractivity contribution in [2.24, 2.45) is 16.8 Å². The molecule has 1 aliphatic rings. The summed E-state index contributed by atoms with van der Waals surface area (Å²) in [7, 11) is 0. The first-order chi connectivity index (χ1) is 10.5. The molecule has 128 valence electrons. The second-order valence-corrected chi connectivity index (χ2v) is 7.51. The minimum atomic E-state index is 0.469. The van der Waals surface area contributed by atoms with Gasteiger partial charge in [0.05, 0.1) is 0 Å². The summed E-state index contributed by atoms with van der Waals surface area (Å²) in [5.41, 5.74) is 4.86. The molecule has 0 aromatic carbocycles. The average Bonchev–Trinajstić information content (AvgIpc) is 2.43. The predicted octanol–water partition coefficient (Wildman–Crippen LogP) is 6.97. The molecule has 1 nitrogen and oxygen atoms in total. The lowest BCUT2D eigenvalue weighted by Crippen LogP contribution is -2.17. The SMILES string of the molecule is CCCCCC(=NC(C)CC(C)C(C)=C1CCC1)C(C)CC. The van der Waals surface area contributed by atoms with Gasteiger partial charge in [-0.1, -0.05) is 51.7 Å². The van der Waals surface area contributed by atoms with Crippen LogP contribution in [0, 0.1) is 11.8 Å². The third kappa shape index (κ3) is 6.26. The number of allylic oxidation sites excluding steroid dienone is 2. The summed E-state index contributed by atoms with van der Waals surface area (Å²) in [6.07, 6.45) is 11.7. The molecule has 0 aromatic rings. The molecule has 0 spiro atoms. The van der Waals surface area contributed by atoms with Gasteiger partial charge in [0.25, 0.3) is 0 Å². The summed E-state index contributed by atoms with van der Waals surface area (Å²) in [6, 6.07) is 0.469. The van der Waals surface area contributed by atoms with Crippen molar-refractivity contribution < 1.29 is 0 Å². The predicted molar refractivity (Wildman–Crippen MR) is 101 cm³/mol. The first-order valence-electron chi connectivity index (χ1n) is 9.74. The molecule has 0 bridgehead atoms. The Morgan fingerprint density at radius 1 is 1.05 bits per heavy atom. The van der Waals surface area contributed by atoms with Crippen LogP contribution in [0.4, 0.5) is 0 Å². The van der Waals surface area contributed by atoms with Gasteiger partial charge >= 0.3 is 0 Å². The van der Waals surface area contributed by atoms with Crippen molar-refractivity contribution in [2.75, 3.05) is 0 Å². The third-order valence-electron chi connectivity index (χ3n) is 5.55. The Morgan fingerprint density at radius 3 is 2.23 bits per heavy atom. The van der Waals surface area contributed by atoms with Crippen molar-refractivity contribution >= 4 is 5.71 Å². The maximum absolute atomic E-state index is 5.14. The number of hydrogen-bond donors (Lipinski definition) is 0. The van der Waals surface area contributed by atoms with Crippen LogP contribution in [0.2, 0.25) is 0 Å². The molecule has 1 fully saturated rings. The number of hydrogen-bond acceptors (Lipinski definition) is 1. The highest BCUT2D eigenvalue weighted by molar-refractivity contribution is 5.86. The molecule has 3 unspecified atom stereocenters. The van der Waals surface area contributed by atoms with Crippen molar-refractivity contribution in [2.45, 2.75) is 105 Å². The number of rotatable bonds is 10. The first kappa shape index (κ1) is 19.5. The van der Waals surface area contributed by atoms with Crippen LogP contribution in [0.15, 0.2) is 16.1 Å². The first-order valence-corrected chi connectivity index (χ1v) is 9.74. The van der Waals surface area contributed by atoms with Gasteiger partial charge in [0.15, 0.2) is 0 Å². The summed E-state index contributed by atoms with van der Waals surface area (Å²) >= 11 is 0. The van der Waals surface area contributed by atoms with E-state index in [2.05, 4.69) is 41.5 Å². The van der Waals surface area contributed by atoms with E-state index in [-0.39, 0.29) is 0 Å². The number of nitrogens with zero attached hydrogens (tertiary/aromatic N) is 1. The number of unbranched alkanes of at least 4 members (excludes halogenated alkanes) is 2. The monoisotopic (exact) mass is 305 g/mol. The molecule has 0 amide bonds. The lowest BCUT2D eigenvalue weighted by molar-refractivity contribution is 0.516. The van der Waals surface area contributed by atoms with Gasteiger partial charge in [0.1, 0.15) is 0 Å². The van der Waals surface area contributed by atoms with E-state index >= 15 is 0 Å². The Hall–Kier alpha value is -0.590. The van der Waals surface area contributed by atoms with Gasteiger partial charge in [0.2, 0.25) is 0 Å². The van der Waals surface area contributed by atoms with E-state index in [0.717, 1.165) is 0 Å². The van der Waals surface area contributed by atoms with E-state index in [0.29, 0.717) is 17.9 Å². The average molecular weight is 306 g/mol. The van der Waals surface area contributed by atoms with Gasteiger partial charge < -0.3 is 0 Å². The highest BCUT2D eigenvalue weighted by Crippen LogP contribution is 2.33. The second-order valence-electron chi connectivity index (χ2n) is 7.51. The van der Waals surface area contributed by atoms with Gasteiger partial charge in [-0.15, -0.1) is 0 Å². The number of aliphatic imine (C=N–C) groups is 1. The molecule has 1 heteroatoms. The zero-order chi connectivity index (χ0) is 16.5. The Balaban J connectivity index is 2.60. The molecule has 0 aromatic heterocycles. The zero-order valence-electron chi connectivity index (χ0n) is 16.0. The highest BCUT2D eigenvalue weighted by atomic mass is 14.8. The van der Waals surface area contributed by atoms with E-state index < -0.39 is 0 Å². The third-order valence-corrected chi connectivity index (χ3v) is 5.55. The topological polar surface area (TPSA) is 12.4 Å². The van der Waals surface area contributed by atoms with Crippen molar-refractivity contribution in [3.05, 3.63) is 11.1 Å². The van der Waals surface area contributed by atoms with Crippen molar-refractivity contribution in [3.63, 3.8) is 0 Å². The Kier molecular flexibility index (Phi) is 9.05. The van der Waals surface area contributed by atoms with Crippen LogP contribution >= 0.6 is 0 Å². The van der Waals surface area contributed by atoms with Crippen LogP contribution in [0.1, 0.15) is 99.3 Å². The van der Waals surface area contributed by atoms with E-state index in [1.807, 2.05) is 0 Å². The van der Waals surface area contributed by atoms with E-state index in [1.165, 1.54) is 63.5 Å². The fourth-order valence-corrected chi connectivity index (χ4v) is 3.35. The smallest absolute Gasteiger partial charge is 0.0476 e. The summed E-state index contributed by atoms with van der Waals surface area (Å²) in [5.74, 6) is 1.35. The largest absolute Gasteiger partial charge is 0.291 e. The van der Waals surface area contributed by atoms with E-state index in [4.69, 9.17) is 4.99 Å². The molecule has 0 radical (unpaired) electrons. The zero-order valence-corrected chi connectivity index (χ0v) is 16.0. The standard InChI is InChI=1S/C21H39N/c1-7-9-10-14-21(16(3)8-2)22-18(5)15-17(4)19(6)20-12-11-13-20/h16-18H,7-15H2,1-6H3. The van der Waals surface area contributed by atoms with E-state index in [9.17, 15) is 0 Å². The normalized spacial score (nSPS) is 19.5. The molecular formula is C21H39N. The molecule has 0 heterocycles. The Labute approximate surface area is 139 Å². The lowest BCUT2D eigenvalue weighted by Gasteiger charge is -2.25. The summed E-state index contributed by atoms with van der Waals surface area (Å²) in [4.78, 5) is 5.14. The van der Waals surface area contributed by atoms with Crippen LogP contribution in [0.5, 0.6) is 0 Å². The maximum Gasteiger partial charge on any atom is 0.0476 e.